The van der Waals surface area contributed by atoms with Crippen molar-refractivity contribution in [3.05, 3.63) is 52.6 Å². The van der Waals surface area contributed by atoms with Crippen molar-refractivity contribution in [2.45, 2.75) is 13.5 Å². The molecule has 6 nitrogen and oxygen atoms in total. The Morgan fingerprint density at radius 2 is 2.04 bits per heavy atom. The van der Waals surface area contributed by atoms with Gasteiger partial charge in [-0.3, -0.25) is 9.59 Å². The number of para-hydroxylation sites is 1. The first-order chi connectivity index (χ1) is 11.0. The minimum absolute atomic E-state index is 0.0924. The van der Waals surface area contributed by atoms with Gasteiger partial charge in [0.2, 0.25) is 5.91 Å². The molecule has 2 aromatic rings. The predicted molar refractivity (Wildman–Crippen MR) is 91.1 cm³/mol. The highest BCUT2D eigenvalue weighted by atomic mass is 16.2. The zero-order chi connectivity index (χ0) is 16.8. The predicted octanol–water partition coefficient (Wildman–Crippen LogP) is 1.39. The Bertz CT molecular complexity index is 765. The fourth-order valence-corrected chi connectivity index (χ4v) is 2.21. The maximum Gasteiger partial charge on any atom is 0.258 e. The molecule has 1 amide bonds. The summed E-state index contributed by atoms with van der Waals surface area (Å²) in [7, 11) is 3.88. The minimum Gasteiger partial charge on any atom is -0.332 e. The second kappa shape index (κ2) is 7.69. The fraction of sp³-hybridized carbons (Fsp3) is 0.353. The van der Waals surface area contributed by atoms with Crippen molar-refractivity contribution >= 4 is 16.8 Å². The molecular weight excluding hydrogens is 292 g/mol. The number of H-pyrrole nitrogens is 1. The summed E-state index contributed by atoms with van der Waals surface area (Å²) in [5, 5.41) is 0.552. The minimum atomic E-state index is -0.183. The molecule has 0 saturated heterocycles. The molecule has 1 aromatic heterocycles. The van der Waals surface area contributed by atoms with Gasteiger partial charge in [-0.1, -0.05) is 18.2 Å². The lowest BCUT2D eigenvalue weighted by molar-refractivity contribution is -0.126. The lowest BCUT2D eigenvalue weighted by Gasteiger charge is -2.18. The second-order valence-corrected chi connectivity index (χ2v) is 5.55. The number of aromatic nitrogens is 2. The molecule has 6 heteroatoms. The number of carbonyl (C=O) groups is 1. The zero-order valence-electron chi connectivity index (χ0n) is 13.7. The van der Waals surface area contributed by atoms with Gasteiger partial charge in [0.1, 0.15) is 5.82 Å². The molecule has 1 aromatic carbocycles. The van der Waals surface area contributed by atoms with E-state index in [1.807, 2.05) is 38.1 Å². The number of rotatable bonds is 6. The van der Waals surface area contributed by atoms with Crippen molar-refractivity contribution in [3.8, 4) is 0 Å². The van der Waals surface area contributed by atoms with Crippen LogP contribution in [-0.4, -0.2) is 52.9 Å². The number of nitrogens with one attached hydrogen (secondary N) is 1. The van der Waals surface area contributed by atoms with E-state index in [0.29, 0.717) is 29.8 Å². The summed E-state index contributed by atoms with van der Waals surface area (Å²) in [5.41, 5.74) is 0.454. The molecule has 0 aliphatic rings. The van der Waals surface area contributed by atoms with Crippen LogP contribution in [0.1, 0.15) is 12.7 Å². The van der Waals surface area contributed by atoms with E-state index in [9.17, 15) is 9.59 Å². The number of hydrogen-bond acceptors (Lipinski definition) is 4. The Balaban J connectivity index is 2.17. The van der Waals surface area contributed by atoms with Gasteiger partial charge in [0, 0.05) is 19.2 Å². The van der Waals surface area contributed by atoms with Crippen molar-refractivity contribution in [1.29, 1.82) is 0 Å². The SMILES string of the molecule is CCN(Cc1nc2ccccc2c(=O)[nH]1)C(=O)/C=C/CN(C)C. The summed E-state index contributed by atoms with van der Waals surface area (Å²) < 4.78 is 0. The average Bonchev–Trinajstić information content (AvgIpc) is 2.52. The third-order valence-corrected chi connectivity index (χ3v) is 3.43. The quantitative estimate of drug-likeness (QED) is 0.818. The lowest BCUT2D eigenvalue weighted by Crippen LogP contribution is -2.30. The smallest absolute Gasteiger partial charge is 0.258 e. The van der Waals surface area contributed by atoms with Gasteiger partial charge in [0.25, 0.3) is 5.56 Å². The van der Waals surface area contributed by atoms with E-state index in [-0.39, 0.29) is 18.0 Å². The molecule has 1 N–H and O–H groups in total. The Kier molecular flexibility index (Phi) is 5.65. The highest BCUT2D eigenvalue weighted by Crippen LogP contribution is 2.07. The van der Waals surface area contributed by atoms with Crippen molar-refractivity contribution in [2.75, 3.05) is 27.2 Å². The van der Waals surface area contributed by atoms with Gasteiger partial charge in [-0.15, -0.1) is 0 Å². The van der Waals surface area contributed by atoms with Gasteiger partial charge in [-0.25, -0.2) is 4.98 Å². The molecule has 0 spiro atoms. The Morgan fingerprint density at radius 1 is 1.30 bits per heavy atom. The summed E-state index contributed by atoms with van der Waals surface area (Å²) in [5.74, 6) is 0.398. The number of likely N-dealkylation sites (N-methyl/N-ethyl adjacent to an activating group) is 2. The first-order valence-electron chi connectivity index (χ1n) is 7.59. The van der Waals surface area contributed by atoms with E-state index in [1.165, 1.54) is 0 Å². The van der Waals surface area contributed by atoms with Crippen molar-refractivity contribution in [1.82, 2.24) is 19.8 Å². The molecular formula is C17H22N4O2. The van der Waals surface area contributed by atoms with Crippen LogP contribution >= 0.6 is 0 Å². The molecule has 0 aliphatic heterocycles. The maximum atomic E-state index is 12.2. The highest BCUT2D eigenvalue weighted by Gasteiger charge is 2.11. The third-order valence-electron chi connectivity index (χ3n) is 3.43. The van der Waals surface area contributed by atoms with Gasteiger partial charge in [-0.2, -0.15) is 0 Å². The summed E-state index contributed by atoms with van der Waals surface area (Å²) in [6.07, 6.45) is 3.38. The summed E-state index contributed by atoms with van der Waals surface area (Å²) in [6, 6.07) is 7.17. The summed E-state index contributed by atoms with van der Waals surface area (Å²) >= 11 is 0. The van der Waals surface area contributed by atoms with Crippen molar-refractivity contribution in [3.63, 3.8) is 0 Å². The summed E-state index contributed by atoms with van der Waals surface area (Å²) in [6.45, 7) is 3.43. The molecule has 0 saturated carbocycles. The number of nitrogens with zero attached hydrogens (tertiary/aromatic N) is 3. The number of benzene rings is 1. The van der Waals surface area contributed by atoms with Crippen LogP contribution in [-0.2, 0) is 11.3 Å². The van der Waals surface area contributed by atoms with E-state index < -0.39 is 0 Å². The number of fused-ring (bicyclic) bond motifs is 1. The van der Waals surface area contributed by atoms with Gasteiger partial charge >= 0.3 is 0 Å². The van der Waals surface area contributed by atoms with Gasteiger partial charge in [0.15, 0.2) is 0 Å². The van der Waals surface area contributed by atoms with Crippen molar-refractivity contribution in [2.24, 2.45) is 0 Å². The second-order valence-electron chi connectivity index (χ2n) is 5.55. The van der Waals surface area contributed by atoms with Crippen LogP contribution in [0.5, 0.6) is 0 Å². The highest BCUT2D eigenvalue weighted by molar-refractivity contribution is 5.87. The Labute approximate surface area is 135 Å². The van der Waals surface area contributed by atoms with E-state index in [0.717, 1.165) is 0 Å². The molecule has 122 valence electrons. The normalized spacial score (nSPS) is 11.5. The van der Waals surface area contributed by atoms with E-state index in [4.69, 9.17) is 0 Å². The molecule has 0 unspecified atom stereocenters. The number of hydrogen-bond donors (Lipinski definition) is 1. The maximum absolute atomic E-state index is 12.2. The monoisotopic (exact) mass is 314 g/mol. The van der Waals surface area contributed by atoms with Gasteiger partial charge in [0.05, 0.1) is 17.4 Å². The number of aromatic amines is 1. The average molecular weight is 314 g/mol. The Morgan fingerprint density at radius 3 is 2.74 bits per heavy atom. The van der Waals surface area contributed by atoms with Crippen LogP contribution in [0.25, 0.3) is 10.9 Å². The van der Waals surface area contributed by atoms with Crippen molar-refractivity contribution < 1.29 is 4.79 Å². The molecule has 0 aliphatic carbocycles. The molecule has 0 radical (unpaired) electrons. The largest absolute Gasteiger partial charge is 0.332 e. The molecule has 0 atom stereocenters. The van der Waals surface area contributed by atoms with Crippen LogP contribution in [0.15, 0.2) is 41.2 Å². The summed E-state index contributed by atoms with van der Waals surface area (Å²) in [4.78, 5) is 35.1. The Hall–Kier alpha value is -2.47. The van der Waals surface area contributed by atoms with Crippen LogP contribution in [0.3, 0.4) is 0 Å². The van der Waals surface area contributed by atoms with E-state index in [1.54, 1.807) is 29.2 Å². The van der Waals surface area contributed by atoms with Crippen LogP contribution in [0.4, 0.5) is 0 Å². The molecule has 2 rings (SSSR count). The standard InChI is InChI=1S/C17H22N4O2/c1-4-21(16(22)10-7-11-20(2)3)12-15-18-14-9-6-5-8-13(14)17(23)19-15/h5-10H,4,11-12H2,1-3H3,(H,18,19,23)/b10-7+. The molecule has 0 bridgehead atoms. The van der Waals surface area contributed by atoms with Gasteiger partial charge < -0.3 is 14.8 Å². The van der Waals surface area contributed by atoms with E-state index in [2.05, 4.69) is 9.97 Å². The third kappa shape index (κ3) is 4.50. The molecule has 1 heterocycles. The molecule has 23 heavy (non-hydrogen) atoms. The number of carbonyl (C=O) groups excluding carboxylic acids is 1. The number of amides is 1. The topological polar surface area (TPSA) is 69.3 Å². The molecule has 0 fully saturated rings. The van der Waals surface area contributed by atoms with Crippen LogP contribution in [0.2, 0.25) is 0 Å². The first kappa shape index (κ1) is 16.9. The van der Waals surface area contributed by atoms with Gasteiger partial charge in [-0.05, 0) is 33.2 Å². The van der Waals surface area contributed by atoms with E-state index >= 15 is 0 Å². The zero-order valence-corrected chi connectivity index (χ0v) is 13.7. The van der Waals surface area contributed by atoms with Crippen LogP contribution in [0, 0.1) is 0 Å². The lowest BCUT2D eigenvalue weighted by atomic mass is 10.2. The fourth-order valence-electron chi connectivity index (χ4n) is 2.21. The van der Waals surface area contributed by atoms with Crippen LogP contribution < -0.4 is 5.56 Å². The first-order valence-corrected chi connectivity index (χ1v) is 7.59.